The smallest absolute Gasteiger partial charge is 0.258 e. The second-order valence-corrected chi connectivity index (χ2v) is 5.60. The predicted molar refractivity (Wildman–Crippen MR) is 82.2 cm³/mol. The van der Waals surface area contributed by atoms with Crippen LogP contribution in [0.5, 0.6) is 0 Å². The van der Waals surface area contributed by atoms with Crippen molar-refractivity contribution >= 4 is 19.7 Å². The Labute approximate surface area is 123 Å². The summed E-state index contributed by atoms with van der Waals surface area (Å²) in [4.78, 5) is 15.9. The summed E-state index contributed by atoms with van der Waals surface area (Å²) in [5.41, 5.74) is 9.61. The maximum atomic E-state index is 13.5. The zero-order valence-corrected chi connectivity index (χ0v) is 12.8. The molecule has 0 fully saturated rings. The summed E-state index contributed by atoms with van der Waals surface area (Å²) in [6.07, 6.45) is 0.542. The fourth-order valence-electron chi connectivity index (χ4n) is 2.00. The fourth-order valence-corrected chi connectivity index (χ4v) is 2.00. The second kappa shape index (κ2) is 6.91. The van der Waals surface area contributed by atoms with Crippen LogP contribution in [0.15, 0.2) is 16.1 Å². The van der Waals surface area contributed by atoms with Crippen LogP contribution in [0.1, 0.15) is 42.4 Å². The van der Waals surface area contributed by atoms with E-state index in [-0.39, 0.29) is 19.2 Å². The first-order valence-electron chi connectivity index (χ1n) is 7.23. The maximum absolute atomic E-state index is 13.5. The Bertz CT molecular complexity index is 442. The summed E-state index contributed by atoms with van der Waals surface area (Å²) < 4.78 is 21.3. The van der Waals surface area contributed by atoms with E-state index in [1.54, 1.807) is 27.7 Å². The van der Waals surface area contributed by atoms with E-state index in [9.17, 15) is 9.18 Å². The normalized spacial score (nSPS) is 16.8. The van der Waals surface area contributed by atoms with Crippen LogP contribution in [0.4, 0.5) is 4.39 Å². The first-order chi connectivity index (χ1) is 9.62. The van der Waals surface area contributed by atoms with Gasteiger partial charge in [-0.1, -0.05) is 32.7 Å². The number of amides is 1. The van der Waals surface area contributed by atoms with Gasteiger partial charge in [-0.05, 0) is 31.2 Å². The number of hydrogen-bond donors (Lipinski definition) is 2. The summed E-state index contributed by atoms with van der Waals surface area (Å²) in [5.74, 6) is -0.977. The molecule has 0 saturated carbocycles. The molecule has 0 spiro atoms. The van der Waals surface area contributed by atoms with Gasteiger partial charge < -0.3 is 11.5 Å². The van der Waals surface area contributed by atoms with Gasteiger partial charge in [0.2, 0.25) is 0 Å². The van der Waals surface area contributed by atoms with E-state index in [0.29, 0.717) is 17.6 Å². The minimum absolute atomic E-state index is 0.234. The SMILES string of the molecule is [2H]CC(CC)(C(=O)N=C(N)N)C(C)=C(CF)C(C)(C)C[B]. The number of nitrogens with two attached hydrogens (primary N) is 2. The molecule has 4 nitrogen and oxygen atoms in total. The van der Waals surface area contributed by atoms with Gasteiger partial charge in [0.15, 0.2) is 5.96 Å². The molecule has 0 aliphatic rings. The summed E-state index contributed by atoms with van der Waals surface area (Å²) in [7, 11) is 5.70. The fraction of sp³-hybridized carbons (Fsp3) is 0.714. The number of carbonyl (C=O) groups is 1. The van der Waals surface area contributed by atoms with Crippen molar-refractivity contribution in [1.29, 1.82) is 0 Å². The van der Waals surface area contributed by atoms with E-state index in [0.717, 1.165) is 0 Å². The molecular formula is C14H25BFN3O. The summed E-state index contributed by atoms with van der Waals surface area (Å²) in [6.45, 7) is 6.04. The van der Waals surface area contributed by atoms with E-state index >= 15 is 0 Å². The Balaban J connectivity index is 6.19. The van der Waals surface area contributed by atoms with Crippen LogP contribution in [0.3, 0.4) is 0 Å². The van der Waals surface area contributed by atoms with Crippen molar-refractivity contribution in [2.24, 2.45) is 27.3 Å². The summed E-state index contributed by atoms with van der Waals surface area (Å²) in [5, 5.41) is 0. The highest BCUT2D eigenvalue weighted by Crippen LogP contribution is 2.41. The number of alkyl halides is 1. The number of guanidine groups is 1. The molecule has 0 saturated heterocycles. The highest BCUT2D eigenvalue weighted by atomic mass is 19.1. The molecule has 0 aromatic heterocycles. The molecule has 1 atom stereocenters. The van der Waals surface area contributed by atoms with Gasteiger partial charge in [-0.3, -0.25) is 4.79 Å². The molecule has 2 radical (unpaired) electrons. The molecule has 0 aromatic carbocycles. The molecule has 0 bridgehead atoms. The molecule has 0 aliphatic carbocycles. The Morgan fingerprint density at radius 1 is 1.45 bits per heavy atom. The van der Waals surface area contributed by atoms with E-state index < -0.39 is 23.4 Å². The van der Waals surface area contributed by atoms with Gasteiger partial charge in [0.05, 0.1) is 13.3 Å². The lowest BCUT2D eigenvalue weighted by Gasteiger charge is -2.34. The van der Waals surface area contributed by atoms with Crippen molar-refractivity contribution in [3.63, 3.8) is 0 Å². The van der Waals surface area contributed by atoms with Crippen molar-refractivity contribution in [3.05, 3.63) is 11.1 Å². The number of allylic oxidation sites excluding steroid dienone is 1. The molecule has 4 N–H and O–H groups in total. The Morgan fingerprint density at radius 2 is 2.00 bits per heavy atom. The minimum atomic E-state index is -1.22. The number of halogens is 1. The van der Waals surface area contributed by atoms with Crippen LogP contribution in [0.25, 0.3) is 0 Å². The monoisotopic (exact) mass is 282 g/mol. The molecule has 0 heterocycles. The zero-order chi connectivity index (χ0) is 16.8. The predicted octanol–water partition coefficient (Wildman–Crippen LogP) is 2.10. The largest absolute Gasteiger partial charge is 0.370 e. The summed E-state index contributed by atoms with van der Waals surface area (Å²) in [6, 6.07) is 0. The van der Waals surface area contributed by atoms with Crippen LogP contribution in [-0.2, 0) is 4.79 Å². The van der Waals surface area contributed by atoms with Crippen LogP contribution < -0.4 is 11.5 Å². The molecule has 0 aromatic rings. The molecule has 0 aliphatic heterocycles. The number of hydrogen-bond acceptors (Lipinski definition) is 1. The molecule has 20 heavy (non-hydrogen) atoms. The third-order valence-electron chi connectivity index (χ3n) is 3.87. The molecule has 1 unspecified atom stereocenters. The van der Waals surface area contributed by atoms with E-state index in [1.165, 1.54) is 0 Å². The van der Waals surface area contributed by atoms with Gasteiger partial charge in [-0.15, -0.1) is 0 Å². The third kappa shape index (κ3) is 3.84. The van der Waals surface area contributed by atoms with Gasteiger partial charge >= 0.3 is 0 Å². The maximum Gasteiger partial charge on any atom is 0.258 e. The van der Waals surface area contributed by atoms with Gasteiger partial charge in [0.25, 0.3) is 5.91 Å². The molecular weight excluding hydrogens is 256 g/mol. The van der Waals surface area contributed by atoms with Crippen molar-refractivity contribution in [2.45, 2.75) is 47.3 Å². The molecule has 112 valence electrons. The lowest BCUT2D eigenvalue weighted by Crippen LogP contribution is -2.34. The highest BCUT2D eigenvalue weighted by Gasteiger charge is 2.37. The Morgan fingerprint density at radius 3 is 2.30 bits per heavy atom. The average Bonchev–Trinajstić information content (AvgIpc) is 2.40. The van der Waals surface area contributed by atoms with E-state index in [1.807, 2.05) is 0 Å². The minimum Gasteiger partial charge on any atom is -0.370 e. The zero-order valence-electron chi connectivity index (χ0n) is 13.8. The van der Waals surface area contributed by atoms with Crippen molar-refractivity contribution in [3.8, 4) is 0 Å². The van der Waals surface area contributed by atoms with Crippen LogP contribution >= 0.6 is 0 Å². The van der Waals surface area contributed by atoms with E-state index in [2.05, 4.69) is 4.99 Å². The first-order valence-corrected chi connectivity index (χ1v) is 6.53. The first kappa shape index (κ1) is 16.7. The lowest BCUT2D eigenvalue weighted by atomic mass is 9.67. The highest BCUT2D eigenvalue weighted by molar-refractivity contribution is 6.09. The average molecular weight is 282 g/mol. The number of nitrogens with zero attached hydrogens (tertiary/aromatic N) is 1. The van der Waals surface area contributed by atoms with E-state index in [4.69, 9.17) is 20.7 Å². The van der Waals surface area contributed by atoms with Gasteiger partial charge in [-0.25, -0.2) is 4.39 Å². The molecule has 0 rings (SSSR count). The van der Waals surface area contributed by atoms with Crippen molar-refractivity contribution in [2.75, 3.05) is 6.67 Å². The topological polar surface area (TPSA) is 81.5 Å². The van der Waals surface area contributed by atoms with Crippen LogP contribution in [0.2, 0.25) is 6.32 Å². The number of carbonyl (C=O) groups excluding carboxylic acids is 1. The van der Waals surface area contributed by atoms with Crippen molar-refractivity contribution in [1.82, 2.24) is 0 Å². The summed E-state index contributed by atoms with van der Waals surface area (Å²) >= 11 is 0. The number of rotatable bonds is 6. The molecule has 6 heteroatoms. The lowest BCUT2D eigenvalue weighted by molar-refractivity contribution is -0.124. The van der Waals surface area contributed by atoms with Crippen molar-refractivity contribution < 1.29 is 10.6 Å². The molecule has 1 amide bonds. The number of aliphatic imine (C=N–C) groups is 1. The second-order valence-electron chi connectivity index (χ2n) is 5.60. The standard InChI is InChI=1S/C14H25BFN3O/c1-6-14(5,11(20)19-12(17)18)9(2)10(7-16)13(3,4)8-15/h6-8H2,1-5H3,(H4,17,18,19,20)/i5D. The third-order valence-corrected chi connectivity index (χ3v) is 3.87. The van der Waals surface area contributed by atoms with Gasteiger partial charge in [0.1, 0.15) is 6.67 Å². The van der Waals surface area contributed by atoms with Gasteiger partial charge in [0, 0.05) is 1.37 Å². The Kier molecular flexibility index (Phi) is 5.78. The Hall–Kier alpha value is -1.33. The van der Waals surface area contributed by atoms with Crippen LogP contribution in [-0.4, -0.2) is 26.4 Å². The quantitative estimate of drug-likeness (QED) is 0.339. The van der Waals surface area contributed by atoms with Crippen LogP contribution in [0, 0.1) is 10.8 Å². The van der Waals surface area contributed by atoms with Gasteiger partial charge in [-0.2, -0.15) is 4.99 Å².